The molecular weight excluding hydrogens is 276 g/mol. The van der Waals surface area contributed by atoms with E-state index in [2.05, 4.69) is 0 Å². The van der Waals surface area contributed by atoms with Crippen molar-refractivity contribution in [2.75, 3.05) is 0 Å². The topological polar surface area (TPSA) is 60.7 Å². The fourth-order valence-electron chi connectivity index (χ4n) is 2.64. The second-order valence-corrected chi connectivity index (χ2v) is 5.49. The highest BCUT2D eigenvalue weighted by atomic mass is 16.3. The maximum atomic E-state index is 10.1. The van der Waals surface area contributed by atoms with Crippen LogP contribution in [0.2, 0.25) is 0 Å². The van der Waals surface area contributed by atoms with Crippen LogP contribution in [0.15, 0.2) is 60.7 Å². The van der Waals surface area contributed by atoms with E-state index < -0.39 is 6.10 Å². The van der Waals surface area contributed by atoms with E-state index in [4.69, 9.17) is 0 Å². The van der Waals surface area contributed by atoms with Crippen LogP contribution in [-0.2, 0) is 12.8 Å². The Bertz CT molecular complexity index is 744. The number of fused-ring (bicyclic) bond motifs is 5. The van der Waals surface area contributed by atoms with Gasteiger partial charge in [-0.05, 0) is 41.8 Å². The lowest BCUT2D eigenvalue weighted by Gasteiger charge is -2.12. The minimum absolute atomic E-state index is 0.117. The summed E-state index contributed by atoms with van der Waals surface area (Å²) >= 11 is 0. The van der Waals surface area contributed by atoms with Crippen LogP contribution in [0.3, 0.4) is 0 Å². The Morgan fingerprint density at radius 2 is 1.45 bits per heavy atom. The molecule has 22 heavy (non-hydrogen) atoms. The van der Waals surface area contributed by atoms with Gasteiger partial charge in [0.2, 0.25) is 0 Å². The first-order valence-corrected chi connectivity index (χ1v) is 7.29. The summed E-state index contributed by atoms with van der Waals surface area (Å²) in [7, 11) is 0. The highest BCUT2D eigenvalue weighted by molar-refractivity contribution is 5.76. The summed E-state index contributed by atoms with van der Waals surface area (Å²) in [6.45, 7) is 0. The molecule has 0 aliphatic heterocycles. The molecule has 3 N–H and O–H groups in total. The van der Waals surface area contributed by atoms with Crippen molar-refractivity contribution >= 4 is 0 Å². The largest absolute Gasteiger partial charge is 0.507 e. The number of aliphatic hydroxyl groups excluding tert-OH is 1. The maximum Gasteiger partial charge on any atom is 0.123 e. The van der Waals surface area contributed by atoms with Gasteiger partial charge in [0.25, 0.3) is 0 Å². The van der Waals surface area contributed by atoms with Crippen molar-refractivity contribution in [3.8, 4) is 22.6 Å². The van der Waals surface area contributed by atoms with Crippen LogP contribution in [0.5, 0.6) is 11.5 Å². The Kier molecular flexibility index (Phi) is 3.98. The molecule has 0 spiro atoms. The highest BCUT2D eigenvalue weighted by Crippen LogP contribution is 2.37. The zero-order valence-corrected chi connectivity index (χ0v) is 12.1. The Hall–Kier alpha value is -2.52. The first-order chi connectivity index (χ1) is 10.6. The number of hydrogen-bond donors (Lipinski definition) is 3. The number of hydrogen-bond acceptors (Lipinski definition) is 3. The molecule has 2 aromatic rings. The zero-order chi connectivity index (χ0) is 15.5. The quantitative estimate of drug-likeness (QED) is 0.698. The van der Waals surface area contributed by atoms with E-state index in [-0.39, 0.29) is 11.5 Å². The van der Waals surface area contributed by atoms with Crippen molar-refractivity contribution in [1.29, 1.82) is 0 Å². The molecule has 0 amide bonds. The lowest BCUT2D eigenvalue weighted by molar-refractivity contribution is 0.224. The molecule has 1 aliphatic rings. The van der Waals surface area contributed by atoms with Gasteiger partial charge < -0.3 is 15.3 Å². The van der Waals surface area contributed by atoms with E-state index in [9.17, 15) is 15.3 Å². The number of phenols is 2. The summed E-state index contributed by atoms with van der Waals surface area (Å²) in [5.41, 5.74) is 3.13. The average molecular weight is 294 g/mol. The molecule has 3 nitrogen and oxygen atoms in total. The number of aromatic hydroxyl groups is 2. The second kappa shape index (κ2) is 6.08. The van der Waals surface area contributed by atoms with E-state index >= 15 is 0 Å². The summed E-state index contributed by atoms with van der Waals surface area (Å²) < 4.78 is 0. The van der Waals surface area contributed by atoms with Crippen molar-refractivity contribution < 1.29 is 15.3 Å². The van der Waals surface area contributed by atoms with Crippen molar-refractivity contribution in [2.45, 2.75) is 18.9 Å². The predicted octanol–water partition coefficient (Wildman–Crippen LogP) is 3.34. The average Bonchev–Trinajstić information content (AvgIpc) is 2.50. The zero-order valence-electron chi connectivity index (χ0n) is 12.1. The molecule has 0 saturated carbocycles. The molecule has 3 heteroatoms. The molecule has 4 bridgehead atoms. The third-order valence-electron chi connectivity index (χ3n) is 3.79. The fraction of sp³-hybridized carbons (Fsp3) is 0.158. The number of rotatable bonds is 0. The highest BCUT2D eigenvalue weighted by Gasteiger charge is 2.12. The van der Waals surface area contributed by atoms with Gasteiger partial charge in [-0.2, -0.15) is 0 Å². The van der Waals surface area contributed by atoms with Gasteiger partial charge in [0.15, 0.2) is 0 Å². The van der Waals surface area contributed by atoms with E-state index in [1.54, 1.807) is 24.3 Å². The van der Waals surface area contributed by atoms with Crippen LogP contribution in [0.25, 0.3) is 11.1 Å². The maximum absolute atomic E-state index is 10.1. The lowest BCUT2D eigenvalue weighted by atomic mass is 9.96. The molecular formula is C19H18O3. The smallest absolute Gasteiger partial charge is 0.123 e. The normalized spacial score (nSPS) is 20.3. The van der Waals surface area contributed by atoms with Gasteiger partial charge in [0.05, 0.1) is 6.10 Å². The van der Waals surface area contributed by atoms with E-state index in [1.807, 2.05) is 36.4 Å². The molecule has 0 radical (unpaired) electrons. The molecule has 0 aromatic heterocycles. The summed E-state index contributed by atoms with van der Waals surface area (Å²) in [6, 6.07) is 10.6. The van der Waals surface area contributed by atoms with Gasteiger partial charge in [-0.3, -0.25) is 0 Å². The number of allylic oxidation sites excluding steroid dienone is 3. The van der Waals surface area contributed by atoms with Crippen LogP contribution in [0.1, 0.15) is 11.1 Å². The van der Waals surface area contributed by atoms with Crippen LogP contribution >= 0.6 is 0 Å². The van der Waals surface area contributed by atoms with Gasteiger partial charge in [-0.25, -0.2) is 0 Å². The Morgan fingerprint density at radius 3 is 2.18 bits per heavy atom. The fourth-order valence-corrected chi connectivity index (χ4v) is 2.64. The molecule has 112 valence electrons. The number of aliphatic hydroxyl groups is 1. The van der Waals surface area contributed by atoms with E-state index in [0.29, 0.717) is 24.0 Å². The van der Waals surface area contributed by atoms with Gasteiger partial charge in [0.1, 0.15) is 11.5 Å². The van der Waals surface area contributed by atoms with Crippen LogP contribution < -0.4 is 0 Å². The monoisotopic (exact) mass is 294 g/mol. The van der Waals surface area contributed by atoms with Crippen molar-refractivity contribution in [1.82, 2.24) is 0 Å². The van der Waals surface area contributed by atoms with E-state index in [0.717, 1.165) is 11.1 Å². The lowest BCUT2D eigenvalue weighted by Crippen LogP contribution is -2.06. The number of benzene rings is 2. The van der Waals surface area contributed by atoms with Crippen LogP contribution in [0.4, 0.5) is 0 Å². The first-order valence-electron chi connectivity index (χ1n) is 7.29. The van der Waals surface area contributed by atoms with Gasteiger partial charge in [-0.15, -0.1) is 0 Å². The second-order valence-electron chi connectivity index (χ2n) is 5.49. The Labute approximate surface area is 129 Å². The molecule has 0 saturated heterocycles. The Balaban J connectivity index is 2.17. The summed E-state index contributed by atoms with van der Waals surface area (Å²) in [5, 5.41) is 30.3. The molecule has 1 atom stereocenters. The molecule has 2 aromatic carbocycles. The van der Waals surface area contributed by atoms with Crippen molar-refractivity contribution in [2.24, 2.45) is 0 Å². The van der Waals surface area contributed by atoms with Crippen LogP contribution in [0, 0.1) is 0 Å². The van der Waals surface area contributed by atoms with Crippen LogP contribution in [-0.4, -0.2) is 21.4 Å². The minimum atomic E-state index is -0.584. The SMILES string of the molecule is Oc1ccc2cc1-c1cc(ccc1O)C[C@H](O)/C=C\C=C\C2. The molecule has 1 aliphatic carbocycles. The predicted molar refractivity (Wildman–Crippen MR) is 86.9 cm³/mol. The number of phenolic OH excluding ortho intramolecular Hbond substituents is 2. The summed E-state index contributed by atoms with van der Waals surface area (Å²) in [5.74, 6) is 0.250. The van der Waals surface area contributed by atoms with Crippen molar-refractivity contribution in [3.05, 3.63) is 71.8 Å². The first kappa shape index (κ1) is 14.4. The summed E-state index contributed by atoms with van der Waals surface area (Å²) in [6.07, 6.45) is 8.07. The minimum Gasteiger partial charge on any atom is -0.507 e. The van der Waals surface area contributed by atoms with E-state index in [1.165, 1.54) is 0 Å². The van der Waals surface area contributed by atoms with Gasteiger partial charge in [0, 0.05) is 17.5 Å². The molecule has 0 unspecified atom stereocenters. The molecule has 0 heterocycles. The third-order valence-corrected chi connectivity index (χ3v) is 3.79. The standard InChI is InChI=1S/C19H18O3/c20-15-5-3-1-2-4-13-6-8-18(21)16(11-13)17-12-14(10-15)7-9-19(17)22/h1-3,5-9,11-12,15,20-22H,4,10H2/b2-1+,5-3-/t15-/m1/s1. The Morgan fingerprint density at radius 1 is 0.818 bits per heavy atom. The van der Waals surface area contributed by atoms with Gasteiger partial charge >= 0.3 is 0 Å². The van der Waals surface area contributed by atoms with Crippen molar-refractivity contribution in [3.63, 3.8) is 0 Å². The summed E-state index contributed by atoms with van der Waals surface area (Å²) in [4.78, 5) is 0. The molecule has 3 rings (SSSR count). The third kappa shape index (κ3) is 3.05. The molecule has 0 fully saturated rings. The van der Waals surface area contributed by atoms with Gasteiger partial charge in [-0.1, -0.05) is 36.4 Å².